The molecule has 1 saturated carbocycles. The Morgan fingerprint density at radius 3 is 2.44 bits per heavy atom. The van der Waals surface area contributed by atoms with Gasteiger partial charge in [0.15, 0.2) is 0 Å². The van der Waals surface area contributed by atoms with Crippen LogP contribution >= 0.6 is 0 Å². The first-order chi connectivity index (χ1) is 8.66. The average Bonchev–Trinajstić information content (AvgIpc) is 3.00. The topological polar surface area (TPSA) is 49.4 Å². The van der Waals surface area contributed by atoms with Gasteiger partial charge in [-0.15, -0.1) is 0 Å². The molecule has 18 heavy (non-hydrogen) atoms. The molecule has 2 heterocycles. The van der Waals surface area contributed by atoms with Gasteiger partial charge in [-0.05, 0) is 44.6 Å². The lowest BCUT2D eigenvalue weighted by Gasteiger charge is -2.19. The Labute approximate surface area is 108 Å². The van der Waals surface area contributed by atoms with Gasteiger partial charge in [0.1, 0.15) is 0 Å². The second-order valence-electron chi connectivity index (χ2n) is 6.20. The summed E-state index contributed by atoms with van der Waals surface area (Å²) in [6.07, 6.45) is 5.14. The van der Waals surface area contributed by atoms with Crippen molar-refractivity contribution in [1.29, 1.82) is 0 Å². The molecule has 0 aromatic rings. The lowest BCUT2D eigenvalue weighted by Crippen LogP contribution is -2.36. The van der Waals surface area contributed by atoms with Crippen LogP contribution in [-0.4, -0.2) is 35.8 Å². The quantitative estimate of drug-likeness (QED) is 0.765. The highest BCUT2D eigenvalue weighted by Crippen LogP contribution is 2.42. The van der Waals surface area contributed by atoms with Crippen molar-refractivity contribution in [2.45, 2.75) is 45.1 Å². The molecule has 0 radical (unpaired) electrons. The number of hydrogen-bond donors (Lipinski definition) is 1. The number of hydrogen-bond acceptors (Lipinski definition) is 3. The lowest BCUT2D eigenvalue weighted by molar-refractivity contribution is -0.140. The predicted molar refractivity (Wildman–Crippen MR) is 67.7 cm³/mol. The Balaban J connectivity index is 1.60. The number of amides is 2. The molecule has 3 fully saturated rings. The highest BCUT2D eigenvalue weighted by atomic mass is 16.2. The molecule has 4 nitrogen and oxygen atoms in total. The van der Waals surface area contributed by atoms with Gasteiger partial charge in [0.05, 0.1) is 11.8 Å². The summed E-state index contributed by atoms with van der Waals surface area (Å²) in [5.41, 5.74) is 0. The highest BCUT2D eigenvalue weighted by molar-refractivity contribution is 6.05. The Morgan fingerprint density at radius 2 is 1.89 bits per heavy atom. The van der Waals surface area contributed by atoms with E-state index >= 15 is 0 Å². The van der Waals surface area contributed by atoms with Crippen LogP contribution in [0.1, 0.15) is 39.0 Å². The van der Waals surface area contributed by atoms with E-state index in [0.717, 1.165) is 25.8 Å². The fourth-order valence-electron chi connectivity index (χ4n) is 3.85. The van der Waals surface area contributed by atoms with Crippen molar-refractivity contribution >= 4 is 11.8 Å². The van der Waals surface area contributed by atoms with Gasteiger partial charge in [-0.1, -0.05) is 6.92 Å². The molecule has 0 spiro atoms. The van der Waals surface area contributed by atoms with Crippen molar-refractivity contribution in [3.63, 3.8) is 0 Å². The number of rotatable bonds is 3. The van der Waals surface area contributed by atoms with E-state index in [1.165, 1.54) is 12.8 Å². The summed E-state index contributed by atoms with van der Waals surface area (Å²) in [6.45, 7) is 3.84. The molecule has 2 aliphatic heterocycles. The number of nitrogens with one attached hydrogen (secondary N) is 1. The number of fused-ring (bicyclic) bond motifs is 1. The van der Waals surface area contributed by atoms with E-state index in [2.05, 4.69) is 12.2 Å². The zero-order chi connectivity index (χ0) is 12.7. The van der Waals surface area contributed by atoms with E-state index < -0.39 is 0 Å². The summed E-state index contributed by atoms with van der Waals surface area (Å²) in [6, 6.07) is 0.505. The van der Waals surface area contributed by atoms with E-state index in [-0.39, 0.29) is 23.7 Å². The van der Waals surface area contributed by atoms with Gasteiger partial charge in [0.25, 0.3) is 0 Å². The van der Waals surface area contributed by atoms with Crippen molar-refractivity contribution in [3.05, 3.63) is 0 Å². The van der Waals surface area contributed by atoms with Crippen molar-refractivity contribution in [2.24, 2.45) is 17.8 Å². The van der Waals surface area contributed by atoms with E-state index in [1.807, 2.05) is 0 Å². The van der Waals surface area contributed by atoms with Gasteiger partial charge in [0, 0.05) is 12.6 Å². The normalized spacial score (nSPS) is 39.7. The molecule has 0 bridgehead atoms. The number of likely N-dealkylation sites (tertiary alicyclic amines) is 1. The molecule has 1 aliphatic carbocycles. The van der Waals surface area contributed by atoms with Crippen molar-refractivity contribution in [3.8, 4) is 0 Å². The van der Waals surface area contributed by atoms with Gasteiger partial charge in [-0.3, -0.25) is 14.5 Å². The maximum absolute atomic E-state index is 12.2. The Bertz CT molecular complexity index is 339. The molecule has 3 unspecified atom stereocenters. The maximum atomic E-state index is 12.2. The van der Waals surface area contributed by atoms with Crippen LogP contribution in [0.2, 0.25) is 0 Å². The summed E-state index contributed by atoms with van der Waals surface area (Å²) in [5, 5.41) is 3.42. The zero-order valence-electron chi connectivity index (χ0n) is 11.0. The smallest absolute Gasteiger partial charge is 0.233 e. The summed E-state index contributed by atoms with van der Waals surface area (Å²) in [4.78, 5) is 26.0. The van der Waals surface area contributed by atoms with Crippen molar-refractivity contribution in [1.82, 2.24) is 10.2 Å². The first kappa shape index (κ1) is 12.2. The number of imide groups is 1. The predicted octanol–water partition coefficient (Wildman–Crippen LogP) is 1.16. The zero-order valence-corrected chi connectivity index (χ0v) is 11.0. The van der Waals surface area contributed by atoms with Gasteiger partial charge < -0.3 is 5.32 Å². The summed E-state index contributed by atoms with van der Waals surface area (Å²) in [7, 11) is 0. The van der Waals surface area contributed by atoms with Gasteiger partial charge in [0.2, 0.25) is 11.8 Å². The maximum Gasteiger partial charge on any atom is 0.233 e. The highest BCUT2D eigenvalue weighted by Gasteiger charge is 2.51. The molecule has 3 rings (SSSR count). The fraction of sp³-hybridized carbons (Fsp3) is 0.857. The van der Waals surface area contributed by atoms with Crippen LogP contribution in [0.4, 0.5) is 0 Å². The van der Waals surface area contributed by atoms with Gasteiger partial charge in [-0.25, -0.2) is 0 Å². The minimum atomic E-state index is 0.00374. The third-order valence-electron chi connectivity index (χ3n) is 4.83. The Kier molecular flexibility index (Phi) is 3.14. The largest absolute Gasteiger partial charge is 0.314 e. The van der Waals surface area contributed by atoms with E-state index in [0.29, 0.717) is 18.5 Å². The molecular formula is C14H22N2O2. The molecule has 1 N–H and O–H groups in total. The molecule has 2 saturated heterocycles. The monoisotopic (exact) mass is 250 g/mol. The molecule has 0 aromatic carbocycles. The molecular weight excluding hydrogens is 228 g/mol. The summed E-state index contributed by atoms with van der Waals surface area (Å²) >= 11 is 0. The first-order valence-electron chi connectivity index (χ1n) is 7.25. The lowest BCUT2D eigenvalue weighted by atomic mass is 10.00. The second kappa shape index (κ2) is 4.65. The van der Waals surface area contributed by atoms with Crippen molar-refractivity contribution in [2.75, 3.05) is 13.1 Å². The van der Waals surface area contributed by atoms with Crippen LogP contribution in [-0.2, 0) is 9.59 Å². The number of carbonyl (C=O) groups excluding carboxylic acids is 2. The summed E-state index contributed by atoms with van der Waals surface area (Å²) < 4.78 is 0. The Hall–Kier alpha value is -0.900. The number of nitrogens with zero attached hydrogens (tertiary/aromatic N) is 1. The van der Waals surface area contributed by atoms with Gasteiger partial charge >= 0.3 is 0 Å². The Morgan fingerprint density at radius 1 is 1.22 bits per heavy atom. The molecule has 3 aliphatic rings. The molecule has 3 atom stereocenters. The summed E-state index contributed by atoms with van der Waals surface area (Å²) in [5.74, 6) is 0.749. The minimum absolute atomic E-state index is 0.00374. The minimum Gasteiger partial charge on any atom is -0.314 e. The standard InChI is InChI=1S/C14H22N2O2/c1-9-7-11-12(8-9)14(18)16(13(11)17)6-4-10-3-2-5-15-10/h9-12,15H,2-8H2,1H3. The van der Waals surface area contributed by atoms with Crippen LogP contribution < -0.4 is 5.32 Å². The average molecular weight is 250 g/mol. The number of carbonyl (C=O) groups is 2. The van der Waals surface area contributed by atoms with Crippen LogP contribution in [0.3, 0.4) is 0 Å². The van der Waals surface area contributed by atoms with E-state index in [9.17, 15) is 9.59 Å². The molecule has 2 amide bonds. The molecule has 0 aromatic heterocycles. The van der Waals surface area contributed by atoms with Crippen LogP contribution in [0.15, 0.2) is 0 Å². The third-order valence-corrected chi connectivity index (χ3v) is 4.83. The van der Waals surface area contributed by atoms with Crippen LogP contribution in [0.25, 0.3) is 0 Å². The molecule has 4 heteroatoms. The third kappa shape index (κ3) is 1.96. The van der Waals surface area contributed by atoms with Crippen LogP contribution in [0.5, 0.6) is 0 Å². The van der Waals surface area contributed by atoms with E-state index in [4.69, 9.17) is 0 Å². The fourth-order valence-corrected chi connectivity index (χ4v) is 3.85. The van der Waals surface area contributed by atoms with Gasteiger partial charge in [-0.2, -0.15) is 0 Å². The first-order valence-corrected chi connectivity index (χ1v) is 7.25. The SMILES string of the molecule is CC1CC2C(=O)N(CCC3CCCN3)C(=O)C2C1. The van der Waals surface area contributed by atoms with Crippen LogP contribution in [0, 0.1) is 17.8 Å². The van der Waals surface area contributed by atoms with E-state index in [1.54, 1.807) is 4.90 Å². The van der Waals surface area contributed by atoms with Crippen molar-refractivity contribution < 1.29 is 9.59 Å². The second-order valence-corrected chi connectivity index (χ2v) is 6.20. The molecule has 100 valence electrons.